The highest BCUT2D eigenvalue weighted by Gasteiger charge is 2.41. The van der Waals surface area contributed by atoms with Crippen LogP contribution in [0.3, 0.4) is 0 Å². The van der Waals surface area contributed by atoms with E-state index >= 15 is 0 Å². The van der Waals surface area contributed by atoms with Crippen LogP contribution in [0.4, 0.5) is 22.0 Å². The lowest BCUT2D eigenvalue weighted by atomic mass is 9.90. The van der Waals surface area contributed by atoms with E-state index in [1.54, 1.807) is 12.1 Å². The van der Waals surface area contributed by atoms with Gasteiger partial charge in [-0.15, -0.1) is 0 Å². The number of hydrogen-bond donors (Lipinski definition) is 3. The predicted molar refractivity (Wildman–Crippen MR) is 101 cm³/mol. The third-order valence-corrected chi connectivity index (χ3v) is 4.72. The summed E-state index contributed by atoms with van der Waals surface area (Å²) in [5, 5.41) is 5.93. The maximum Gasteiger partial charge on any atom is 0.240 e. The second-order valence-electron chi connectivity index (χ2n) is 6.77. The van der Waals surface area contributed by atoms with Crippen LogP contribution in [0.5, 0.6) is 0 Å². The van der Waals surface area contributed by atoms with E-state index in [-0.39, 0.29) is 23.6 Å². The van der Waals surface area contributed by atoms with Crippen molar-refractivity contribution in [2.45, 2.75) is 38.8 Å². The smallest absolute Gasteiger partial charge is 0.240 e. The van der Waals surface area contributed by atoms with Gasteiger partial charge in [0.25, 0.3) is 0 Å². The monoisotopic (exact) mass is 373 g/mol. The maximum absolute atomic E-state index is 13.1. The standard InChI is InChI=1S/C18H24FN7O/c1-3-8-18(2)15(27)21-9-10-26(18)11-14-23-16(20)25-17(24-14)22-13-6-4-12(19)5-7-13/h4-7H,3,8-11H2,1-2H3,(H,21,27)(H3,20,22,23,24,25)/t18-/m1/s1. The molecule has 1 saturated heterocycles. The number of amides is 1. The van der Waals surface area contributed by atoms with Gasteiger partial charge in [-0.3, -0.25) is 9.69 Å². The third-order valence-electron chi connectivity index (χ3n) is 4.72. The molecule has 0 bridgehead atoms. The molecule has 1 aromatic carbocycles. The summed E-state index contributed by atoms with van der Waals surface area (Å²) >= 11 is 0. The molecule has 0 radical (unpaired) electrons. The second-order valence-corrected chi connectivity index (χ2v) is 6.77. The topological polar surface area (TPSA) is 109 Å². The van der Waals surface area contributed by atoms with Crippen molar-refractivity contribution in [1.29, 1.82) is 0 Å². The molecular weight excluding hydrogens is 349 g/mol. The van der Waals surface area contributed by atoms with Crippen molar-refractivity contribution in [3.05, 3.63) is 35.9 Å². The minimum absolute atomic E-state index is 0.0160. The van der Waals surface area contributed by atoms with Crippen LogP contribution in [0.2, 0.25) is 0 Å². The fourth-order valence-corrected chi connectivity index (χ4v) is 3.29. The van der Waals surface area contributed by atoms with Crippen LogP contribution in [0.1, 0.15) is 32.5 Å². The molecule has 0 aliphatic carbocycles. The van der Waals surface area contributed by atoms with E-state index in [0.717, 1.165) is 12.8 Å². The molecule has 1 fully saturated rings. The lowest BCUT2D eigenvalue weighted by molar-refractivity contribution is -0.137. The summed E-state index contributed by atoms with van der Waals surface area (Å²) < 4.78 is 13.1. The number of benzene rings is 1. The molecule has 27 heavy (non-hydrogen) atoms. The Bertz CT molecular complexity index is 814. The van der Waals surface area contributed by atoms with Crippen LogP contribution in [0.25, 0.3) is 0 Å². The molecule has 0 saturated carbocycles. The fourth-order valence-electron chi connectivity index (χ4n) is 3.29. The molecule has 3 rings (SSSR count). The van der Waals surface area contributed by atoms with E-state index in [9.17, 15) is 9.18 Å². The number of carbonyl (C=O) groups excluding carboxylic acids is 1. The van der Waals surface area contributed by atoms with Crippen molar-refractivity contribution in [2.24, 2.45) is 0 Å². The number of aromatic nitrogens is 3. The van der Waals surface area contributed by atoms with Gasteiger partial charge in [0.2, 0.25) is 17.8 Å². The van der Waals surface area contributed by atoms with Crippen LogP contribution in [-0.4, -0.2) is 44.4 Å². The summed E-state index contributed by atoms with van der Waals surface area (Å²) in [7, 11) is 0. The molecule has 4 N–H and O–H groups in total. The summed E-state index contributed by atoms with van der Waals surface area (Å²) in [4.78, 5) is 27.2. The average molecular weight is 373 g/mol. The molecule has 1 amide bonds. The number of piperazine rings is 1. The van der Waals surface area contributed by atoms with Crippen LogP contribution in [-0.2, 0) is 11.3 Å². The normalized spacial score (nSPS) is 20.3. The van der Waals surface area contributed by atoms with E-state index in [1.165, 1.54) is 12.1 Å². The van der Waals surface area contributed by atoms with E-state index < -0.39 is 5.54 Å². The Hall–Kier alpha value is -2.81. The highest BCUT2D eigenvalue weighted by atomic mass is 19.1. The van der Waals surface area contributed by atoms with E-state index in [1.807, 2.05) is 6.92 Å². The fraction of sp³-hybridized carbons (Fsp3) is 0.444. The number of nitrogens with two attached hydrogens (primary N) is 1. The number of carbonyl (C=O) groups is 1. The summed E-state index contributed by atoms with van der Waals surface area (Å²) in [6, 6.07) is 5.86. The SMILES string of the molecule is CCC[C@]1(C)C(=O)NCCN1Cc1nc(N)nc(Nc2ccc(F)cc2)n1. The van der Waals surface area contributed by atoms with Gasteiger partial charge in [-0.05, 0) is 37.6 Å². The Balaban J connectivity index is 1.81. The number of nitrogen functional groups attached to an aromatic ring is 1. The van der Waals surface area contributed by atoms with E-state index in [0.29, 0.717) is 31.1 Å². The molecule has 0 unspecified atom stereocenters. The number of nitrogens with zero attached hydrogens (tertiary/aromatic N) is 4. The van der Waals surface area contributed by atoms with Crippen LogP contribution in [0, 0.1) is 5.82 Å². The minimum atomic E-state index is -0.612. The molecule has 144 valence electrons. The molecular formula is C18H24FN7O. The molecule has 8 nitrogen and oxygen atoms in total. The first-order valence-corrected chi connectivity index (χ1v) is 8.97. The number of anilines is 3. The van der Waals surface area contributed by atoms with Gasteiger partial charge < -0.3 is 16.4 Å². The van der Waals surface area contributed by atoms with E-state index in [4.69, 9.17) is 5.73 Å². The van der Waals surface area contributed by atoms with Crippen molar-refractivity contribution >= 4 is 23.5 Å². The first-order valence-electron chi connectivity index (χ1n) is 8.97. The van der Waals surface area contributed by atoms with Crippen molar-refractivity contribution in [1.82, 2.24) is 25.2 Å². The zero-order chi connectivity index (χ0) is 19.4. The molecule has 2 aromatic rings. The zero-order valence-corrected chi connectivity index (χ0v) is 15.5. The van der Waals surface area contributed by atoms with Gasteiger partial charge in [0.05, 0.1) is 12.1 Å². The minimum Gasteiger partial charge on any atom is -0.368 e. The Morgan fingerprint density at radius 2 is 2.04 bits per heavy atom. The number of hydrogen-bond acceptors (Lipinski definition) is 7. The van der Waals surface area contributed by atoms with Gasteiger partial charge in [-0.25, -0.2) is 4.39 Å². The first-order chi connectivity index (χ1) is 12.9. The van der Waals surface area contributed by atoms with Crippen LogP contribution in [0.15, 0.2) is 24.3 Å². The summed E-state index contributed by atoms with van der Waals surface area (Å²) in [6.45, 7) is 5.66. The van der Waals surface area contributed by atoms with Crippen molar-refractivity contribution < 1.29 is 9.18 Å². The summed E-state index contributed by atoms with van der Waals surface area (Å²) in [6.07, 6.45) is 1.62. The van der Waals surface area contributed by atoms with Crippen molar-refractivity contribution in [3.8, 4) is 0 Å². The molecule has 1 aromatic heterocycles. The predicted octanol–water partition coefficient (Wildman–Crippen LogP) is 1.83. The van der Waals surface area contributed by atoms with Gasteiger partial charge in [0.15, 0.2) is 0 Å². The number of halogens is 1. The molecule has 1 aliphatic heterocycles. The number of rotatable bonds is 6. The Labute approximate surface area is 157 Å². The zero-order valence-electron chi connectivity index (χ0n) is 15.5. The lowest BCUT2D eigenvalue weighted by Crippen LogP contribution is -2.62. The molecule has 1 atom stereocenters. The maximum atomic E-state index is 13.1. The highest BCUT2D eigenvalue weighted by molar-refractivity contribution is 5.86. The Morgan fingerprint density at radius 3 is 2.74 bits per heavy atom. The lowest BCUT2D eigenvalue weighted by Gasteiger charge is -2.43. The summed E-state index contributed by atoms with van der Waals surface area (Å²) in [5.74, 6) is 0.535. The highest BCUT2D eigenvalue weighted by Crippen LogP contribution is 2.26. The second kappa shape index (κ2) is 7.83. The molecule has 9 heteroatoms. The quantitative estimate of drug-likeness (QED) is 0.709. The number of nitrogens with one attached hydrogen (secondary N) is 2. The van der Waals surface area contributed by atoms with Crippen LogP contribution >= 0.6 is 0 Å². The largest absolute Gasteiger partial charge is 0.368 e. The first kappa shape index (κ1) is 19.0. The van der Waals surface area contributed by atoms with Gasteiger partial charge >= 0.3 is 0 Å². The van der Waals surface area contributed by atoms with Crippen molar-refractivity contribution in [2.75, 3.05) is 24.1 Å². The Morgan fingerprint density at radius 1 is 1.30 bits per heavy atom. The third kappa shape index (κ3) is 4.30. The van der Waals surface area contributed by atoms with Gasteiger partial charge in [-0.1, -0.05) is 13.3 Å². The average Bonchev–Trinajstić information content (AvgIpc) is 2.61. The van der Waals surface area contributed by atoms with Gasteiger partial charge in [0, 0.05) is 18.8 Å². The molecule has 2 heterocycles. The van der Waals surface area contributed by atoms with Gasteiger partial charge in [0.1, 0.15) is 11.6 Å². The van der Waals surface area contributed by atoms with E-state index in [2.05, 4.69) is 37.4 Å². The Kier molecular flexibility index (Phi) is 5.50. The molecule has 1 aliphatic rings. The summed E-state index contributed by atoms with van der Waals surface area (Å²) in [5.41, 5.74) is 5.86. The van der Waals surface area contributed by atoms with Gasteiger partial charge in [-0.2, -0.15) is 15.0 Å². The molecule has 0 spiro atoms. The van der Waals surface area contributed by atoms with Crippen LogP contribution < -0.4 is 16.4 Å². The van der Waals surface area contributed by atoms with Crippen molar-refractivity contribution in [3.63, 3.8) is 0 Å².